The van der Waals surface area contributed by atoms with Crippen LogP contribution in [0.2, 0.25) is 0 Å². The van der Waals surface area contributed by atoms with Crippen molar-refractivity contribution in [1.29, 1.82) is 0 Å². The van der Waals surface area contributed by atoms with Crippen LogP contribution in [-0.2, 0) is 6.54 Å². The number of pyridine rings is 1. The number of H-pyrrole nitrogens is 1. The zero-order valence-corrected chi connectivity index (χ0v) is 20.1. The summed E-state index contributed by atoms with van der Waals surface area (Å²) >= 11 is 0. The third-order valence-electron chi connectivity index (χ3n) is 8.53. The van der Waals surface area contributed by atoms with Crippen LogP contribution in [0.4, 0.5) is 5.69 Å². The number of nitrogens with zero attached hydrogens (tertiary/aromatic N) is 4. The third kappa shape index (κ3) is 3.72. The maximum atomic E-state index is 9.67. The van der Waals surface area contributed by atoms with Gasteiger partial charge in [0.2, 0.25) is 0 Å². The maximum absolute atomic E-state index is 9.67. The van der Waals surface area contributed by atoms with Crippen molar-refractivity contribution in [3.8, 4) is 11.3 Å². The zero-order valence-electron chi connectivity index (χ0n) is 20.1. The molecule has 7 rings (SSSR count). The number of likely N-dealkylation sites (tertiary alicyclic amines) is 1. The normalized spacial score (nSPS) is 23.4. The van der Waals surface area contributed by atoms with Crippen molar-refractivity contribution in [3.63, 3.8) is 0 Å². The van der Waals surface area contributed by atoms with Crippen LogP contribution in [0.15, 0.2) is 36.4 Å². The lowest BCUT2D eigenvalue weighted by Crippen LogP contribution is -2.63. The number of anilines is 1. The molecule has 2 saturated heterocycles. The van der Waals surface area contributed by atoms with E-state index in [1.54, 1.807) is 0 Å². The summed E-state index contributed by atoms with van der Waals surface area (Å²) in [6.07, 6.45) is 4.70. The Bertz CT molecular complexity index is 1190. The predicted octanol–water partition coefficient (Wildman–Crippen LogP) is 3.78. The van der Waals surface area contributed by atoms with Crippen LogP contribution in [0.1, 0.15) is 37.1 Å². The summed E-state index contributed by atoms with van der Waals surface area (Å²) < 4.78 is 0. The number of nitrogens with one attached hydrogen (secondary N) is 1. The van der Waals surface area contributed by atoms with Gasteiger partial charge in [-0.25, -0.2) is 0 Å². The Morgan fingerprint density at radius 1 is 1.03 bits per heavy atom. The molecule has 2 aromatic heterocycles. The molecule has 2 aliphatic heterocycles. The SMILES string of the molecule is Cc1cc2[nH]c(CN3CC4(CC(O)C4)C3)cc2c(-c2ccc(N3CCN(C4CC4)CC3)cc2)n1. The molecule has 0 radical (unpaired) electrons. The largest absolute Gasteiger partial charge is 0.393 e. The van der Waals surface area contributed by atoms with Gasteiger partial charge in [0.05, 0.1) is 11.8 Å². The van der Waals surface area contributed by atoms with E-state index in [1.807, 2.05) is 0 Å². The van der Waals surface area contributed by atoms with Gasteiger partial charge < -0.3 is 15.0 Å². The van der Waals surface area contributed by atoms with Crippen molar-refractivity contribution in [2.24, 2.45) is 5.41 Å². The first kappa shape index (κ1) is 20.9. The first-order chi connectivity index (χ1) is 16.5. The first-order valence-electron chi connectivity index (χ1n) is 13.0. The number of aromatic nitrogens is 2. The topological polar surface area (TPSA) is 58.6 Å². The second-order valence-corrected chi connectivity index (χ2v) is 11.4. The van der Waals surface area contributed by atoms with Gasteiger partial charge >= 0.3 is 0 Å². The minimum absolute atomic E-state index is 0.0643. The standard InChI is InChI=1S/C28H35N5O/c1-19-12-26-25(13-21(30-26)16-31-17-28(18-31)14-24(34)15-28)27(29-19)20-2-4-22(5-3-20)32-8-10-33(11-9-32)23-6-7-23/h2-5,12-13,23-24,30,34H,6-11,14-18H2,1H3. The van der Waals surface area contributed by atoms with E-state index in [0.29, 0.717) is 5.41 Å². The average molecular weight is 458 g/mol. The van der Waals surface area contributed by atoms with E-state index >= 15 is 0 Å². The number of benzene rings is 1. The fraction of sp³-hybridized carbons (Fsp3) is 0.536. The van der Waals surface area contributed by atoms with Gasteiger partial charge in [-0.1, -0.05) is 12.1 Å². The van der Waals surface area contributed by atoms with Gasteiger partial charge in [0.15, 0.2) is 0 Å². The number of hydrogen-bond acceptors (Lipinski definition) is 5. The van der Waals surface area contributed by atoms with Crippen LogP contribution in [0, 0.1) is 12.3 Å². The van der Waals surface area contributed by atoms with Crippen molar-refractivity contribution in [3.05, 3.63) is 47.8 Å². The highest BCUT2D eigenvalue weighted by atomic mass is 16.3. The minimum Gasteiger partial charge on any atom is -0.393 e. The van der Waals surface area contributed by atoms with Gasteiger partial charge in [0, 0.05) is 90.8 Å². The van der Waals surface area contributed by atoms with Crippen LogP contribution >= 0.6 is 0 Å². The van der Waals surface area contributed by atoms with Crippen LogP contribution in [0.5, 0.6) is 0 Å². The molecule has 4 aliphatic rings. The Morgan fingerprint density at radius 3 is 2.44 bits per heavy atom. The monoisotopic (exact) mass is 457 g/mol. The van der Waals surface area contributed by atoms with Crippen LogP contribution in [0.25, 0.3) is 22.2 Å². The predicted molar refractivity (Wildman–Crippen MR) is 136 cm³/mol. The number of aromatic amines is 1. The summed E-state index contributed by atoms with van der Waals surface area (Å²) in [6, 6.07) is 14.4. The summed E-state index contributed by atoms with van der Waals surface area (Å²) in [7, 11) is 0. The summed E-state index contributed by atoms with van der Waals surface area (Å²) in [5.74, 6) is 0. The highest BCUT2D eigenvalue weighted by molar-refractivity contribution is 5.94. The highest BCUT2D eigenvalue weighted by Crippen LogP contribution is 2.48. The summed E-state index contributed by atoms with van der Waals surface area (Å²) in [5, 5.41) is 10.9. The summed E-state index contributed by atoms with van der Waals surface area (Å²) in [4.78, 5) is 16.3. The Hall–Kier alpha value is -2.41. The molecule has 2 aliphatic carbocycles. The Morgan fingerprint density at radius 2 is 1.76 bits per heavy atom. The molecule has 34 heavy (non-hydrogen) atoms. The number of rotatable bonds is 5. The molecule has 0 unspecified atom stereocenters. The van der Waals surface area contributed by atoms with E-state index in [0.717, 1.165) is 63.0 Å². The molecule has 6 nitrogen and oxygen atoms in total. The Balaban J connectivity index is 1.08. The molecular formula is C28H35N5O. The molecule has 4 heterocycles. The molecule has 0 bridgehead atoms. The lowest BCUT2D eigenvalue weighted by molar-refractivity contribution is -0.131. The highest BCUT2D eigenvalue weighted by Gasteiger charge is 2.51. The third-order valence-corrected chi connectivity index (χ3v) is 8.53. The lowest BCUT2D eigenvalue weighted by atomic mass is 9.62. The number of fused-ring (bicyclic) bond motifs is 1. The van der Waals surface area contributed by atoms with Crippen LogP contribution in [0.3, 0.4) is 0 Å². The first-order valence-corrected chi connectivity index (χ1v) is 13.0. The fourth-order valence-corrected chi connectivity index (χ4v) is 6.69. The van der Waals surface area contributed by atoms with Gasteiger partial charge in [0.1, 0.15) is 0 Å². The Kier molecular flexibility index (Phi) is 4.80. The van der Waals surface area contributed by atoms with Gasteiger partial charge in [-0.3, -0.25) is 14.8 Å². The maximum Gasteiger partial charge on any atom is 0.0799 e. The van der Waals surface area contributed by atoms with E-state index in [9.17, 15) is 5.11 Å². The molecular weight excluding hydrogens is 422 g/mol. The molecule has 2 saturated carbocycles. The van der Waals surface area contributed by atoms with E-state index in [-0.39, 0.29) is 6.10 Å². The van der Waals surface area contributed by atoms with Crippen LogP contribution in [-0.4, -0.2) is 76.3 Å². The van der Waals surface area contributed by atoms with Gasteiger partial charge in [-0.05, 0) is 56.9 Å². The molecule has 0 amide bonds. The molecule has 6 heteroatoms. The van der Waals surface area contributed by atoms with Gasteiger partial charge in [-0.15, -0.1) is 0 Å². The van der Waals surface area contributed by atoms with Crippen molar-refractivity contribution < 1.29 is 5.11 Å². The molecule has 1 spiro atoms. The molecule has 4 fully saturated rings. The van der Waals surface area contributed by atoms with Crippen LogP contribution < -0.4 is 4.90 Å². The second-order valence-electron chi connectivity index (χ2n) is 11.4. The number of aryl methyl sites for hydroxylation is 1. The molecule has 178 valence electrons. The number of aliphatic hydroxyl groups is 1. The smallest absolute Gasteiger partial charge is 0.0799 e. The summed E-state index contributed by atoms with van der Waals surface area (Å²) in [6.45, 7) is 9.88. The number of hydrogen-bond donors (Lipinski definition) is 2. The van der Waals surface area contributed by atoms with Crippen molar-refractivity contribution in [2.75, 3.05) is 44.2 Å². The second kappa shape index (κ2) is 7.80. The fourth-order valence-electron chi connectivity index (χ4n) is 6.69. The van der Waals surface area contributed by atoms with Gasteiger partial charge in [0.25, 0.3) is 0 Å². The molecule has 2 N–H and O–H groups in total. The number of aliphatic hydroxyl groups excluding tert-OH is 1. The minimum atomic E-state index is -0.0643. The zero-order chi connectivity index (χ0) is 22.9. The quantitative estimate of drug-likeness (QED) is 0.611. The van der Waals surface area contributed by atoms with E-state index in [2.05, 4.69) is 63.0 Å². The number of piperazine rings is 1. The molecule has 0 atom stereocenters. The van der Waals surface area contributed by atoms with E-state index in [4.69, 9.17) is 4.98 Å². The average Bonchev–Trinajstić information content (AvgIpc) is 3.57. The molecule has 3 aromatic rings. The Labute approximate surface area is 201 Å². The van der Waals surface area contributed by atoms with Crippen molar-refractivity contribution >= 4 is 16.6 Å². The lowest BCUT2D eigenvalue weighted by Gasteiger charge is -2.57. The molecule has 1 aromatic carbocycles. The van der Waals surface area contributed by atoms with Crippen molar-refractivity contribution in [2.45, 2.75) is 51.3 Å². The van der Waals surface area contributed by atoms with Gasteiger partial charge in [-0.2, -0.15) is 0 Å². The van der Waals surface area contributed by atoms with E-state index < -0.39 is 0 Å². The van der Waals surface area contributed by atoms with E-state index in [1.165, 1.54) is 53.8 Å². The van der Waals surface area contributed by atoms with Crippen molar-refractivity contribution in [1.82, 2.24) is 19.8 Å². The summed E-state index contributed by atoms with van der Waals surface area (Å²) in [5.41, 5.74) is 7.46.